The fourth-order valence-corrected chi connectivity index (χ4v) is 3.39. The van der Waals surface area contributed by atoms with Crippen molar-refractivity contribution in [1.82, 2.24) is 0 Å². The highest BCUT2D eigenvalue weighted by Crippen LogP contribution is 2.34. The Bertz CT molecular complexity index is 746. The predicted molar refractivity (Wildman–Crippen MR) is 98.2 cm³/mol. The molecule has 6 heteroatoms. The molecule has 0 spiro atoms. The molecule has 1 heterocycles. The monoisotopic (exact) mass is 378 g/mol. The molecule has 2 aromatic carbocycles. The van der Waals surface area contributed by atoms with Crippen molar-refractivity contribution in [3.8, 4) is 0 Å². The molecule has 1 saturated heterocycles. The highest BCUT2D eigenvalue weighted by Gasteiger charge is 2.43. The summed E-state index contributed by atoms with van der Waals surface area (Å²) in [6.07, 6.45) is -5.26. The number of benzene rings is 2. The topological polar surface area (TPSA) is 90.2 Å². The molecule has 3 rings (SSSR count). The normalized spacial score (nSPS) is 28.9. The van der Waals surface area contributed by atoms with E-state index in [1.807, 2.05) is 37.3 Å². The number of hydrogen-bond acceptors (Lipinski definition) is 5. The van der Waals surface area contributed by atoms with Crippen LogP contribution in [0.25, 0.3) is 0 Å². The second-order valence-corrected chi connectivity index (χ2v) is 7.17. The second kappa shape index (κ2) is 8.05. The molecule has 4 N–H and O–H groups in total. The highest BCUT2D eigenvalue weighted by atomic mass is 35.5. The Hall–Kier alpha value is -1.47. The van der Waals surface area contributed by atoms with Crippen LogP contribution in [0.2, 0.25) is 5.02 Å². The average Bonchev–Trinajstić information content (AvgIpc) is 2.64. The Kier molecular flexibility index (Phi) is 5.97. The van der Waals surface area contributed by atoms with Crippen LogP contribution in [-0.2, 0) is 11.2 Å². The molecule has 1 fully saturated rings. The van der Waals surface area contributed by atoms with Gasteiger partial charge in [-0.25, -0.2) is 0 Å². The maximum atomic E-state index is 10.3. The molecule has 0 radical (unpaired) electrons. The minimum Gasteiger partial charge on any atom is -0.394 e. The average molecular weight is 379 g/mol. The van der Waals surface area contributed by atoms with Gasteiger partial charge in [-0.05, 0) is 36.1 Å². The van der Waals surface area contributed by atoms with E-state index < -0.39 is 37.1 Å². The predicted octanol–water partition coefficient (Wildman–Crippen LogP) is 1.75. The summed E-state index contributed by atoms with van der Waals surface area (Å²) in [6, 6.07) is 13.4. The van der Waals surface area contributed by atoms with E-state index in [9.17, 15) is 20.4 Å². The third-order valence-corrected chi connectivity index (χ3v) is 5.17. The number of halogens is 1. The van der Waals surface area contributed by atoms with Crippen LogP contribution in [0.3, 0.4) is 0 Å². The van der Waals surface area contributed by atoms with E-state index in [1.54, 1.807) is 12.1 Å². The summed E-state index contributed by atoms with van der Waals surface area (Å²) in [4.78, 5) is 0. The van der Waals surface area contributed by atoms with Crippen molar-refractivity contribution in [2.24, 2.45) is 0 Å². The SMILES string of the molecule is Cc1ccc(Cc2cc([C@@H]3O[C@H](CO)[C@@H](O)[C@H](O)[C@H]3O)ccc2Cl)cc1. The van der Waals surface area contributed by atoms with Gasteiger partial charge in [0, 0.05) is 5.02 Å². The smallest absolute Gasteiger partial charge is 0.113 e. The molecule has 2 aromatic rings. The molecule has 5 atom stereocenters. The number of aryl methyl sites for hydroxylation is 1. The molecule has 0 amide bonds. The van der Waals surface area contributed by atoms with Gasteiger partial charge in [-0.15, -0.1) is 0 Å². The van der Waals surface area contributed by atoms with Gasteiger partial charge < -0.3 is 25.2 Å². The Morgan fingerprint density at radius 2 is 1.65 bits per heavy atom. The number of rotatable bonds is 4. The van der Waals surface area contributed by atoms with Gasteiger partial charge in [-0.3, -0.25) is 0 Å². The highest BCUT2D eigenvalue weighted by molar-refractivity contribution is 6.31. The lowest BCUT2D eigenvalue weighted by Gasteiger charge is -2.40. The molecule has 26 heavy (non-hydrogen) atoms. The lowest BCUT2D eigenvalue weighted by Crippen LogP contribution is -2.55. The van der Waals surface area contributed by atoms with Gasteiger partial charge in [0.05, 0.1) is 6.61 Å². The molecular weight excluding hydrogens is 356 g/mol. The van der Waals surface area contributed by atoms with Gasteiger partial charge in [0.15, 0.2) is 0 Å². The van der Waals surface area contributed by atoms with Crippen LogP contribution in [0.4, 0.5) is 0 Å². The van der Waals surface area contributed by atoms with Crippen LogP contribution >= 0.6 is 11.6 Å². The summed E-state index contributed by atoms with van der Waals surface area (Å²) < 4.78 is 5.62. The molecule has 0 bridgehead atoms. The molecule has 0 unspecified atom stereocenters. The minimum atomic E-state index is -1.40. The van der Waals surface area contributed by atoms with Crippen LogP contribution in [0.15, 0.2) is 42.5 Å². The van der Waals surface area contributed by atoms with Gasteiger partial charge in [0.25, 0.3) is 0 Å². The summed E-state index contributed by atoms with van der Waals surface area (Å²) in [6.45, 7) is 1.57. The number of aliphatic hydroxyl groups excluding tert-OH is 4. The Balaban J connectivity index is 1.87. The van der Waals surface area contributed by atoms with E-state index in [4.69, 9.17) is 16.3 Å². The minimum absolute atomic E-state index is 0.453. The molecule has 1 aliphatic rings. The third kappa shape index (κ3) is 3.93. The fraction of sp³-hybridized carbons (Fsp3) is 0.400. The van der Waals surface area contributed by atoms with E-state index in [1.165, 1.54) is 5.56 Å². The van der Waals surface area contributed by atoms with Gasteiger partial charge >= 0.3 is 0 Å². The largest absolute Gasteiger partial charge is 0.394 e. The summed E-state index contributed by atoms with van der Waals surface area (Å²) in [5, 5.41) is 40.2. The van der Waals surface area contributed by atoms with Crippen LogP contribution in [0, 0.1) is 6.92 Å². The van der Waals surface area contributed by atoms with E-state index in [2.05, 4.69) is 0 Å². The van der Waals surface area contributed by atoms with E-state index >= 15 is 0 Å². The van der Waals surface area contributed by atoms with Gasteiger partial charge in [-0.1, -0.05) is 53.6 Å². The third-order valence-electron chi connectivity index (χ3n) is 4.81. The first kappa shape index (κ1) is 19.3. The summed E-state index contributed by atoms with van der Waals surface area (Å²) in [5.41, 5.74) is 3.77. The van der Waals surface area contributed by atoms with Crippen molar-refractivity contribution < 1.29 is 25.2 Å². The number of ether oxygens (including phenoxy) is 1. The van der Waals surface area contributed by atoms with Gasteiger partial charge in [-0.2, -0.15) is 0 Å². The maximum absolute atomic E-state index is 10.3. The zero-order chi connectivity index (χ0) is 18.8. The first-order chi connectivity index (χ1) is 12.4. The van der Waals surface area contributed by atoms with Crippen molar-refractivity contribution in [1.29, 1.82) is 0 Å². The van der Waals surface area contributed by atoms with Crippen molar-refractivity contribution >= 4 is 11.6 Å². The standard InChI is InChI=1S/C20H23ClO5/c1-11-2-4-12(5-3-11)8-14-9-13(6-7-15(14)21)20-19(25)18(24)17(23)16(10-22)26-20/h2-7,9,16-20,22-25H,8,10H2,1H3/t16-,17-,18+,19-,20+/m1/s1. The summed E-state index contributed by atoms with van der Waals surface area (Å²) in [5.74, 6) is 0. The molecule has 1 aliphatic heterocycles. The maximum Gasteiger partial charge on any atom is 0.113 e. The van der Waals surface area contributed by atoms with Crippen LogP contribution < -0.4 is 0 Å². The summed E-state index contributed by atoms with van der Waals surface area (Å²) >= 11 is 6.33. The quantitative estimate of drug-likeness (QED) is 0.651. The zero-order valence-corrected chi connectivity index (χ0v) is 15.2. The Labute approximate surface area is 157 Å². The fourth-order valence-electron chi connectivity index (χ4n) is 3.21. The zero-order valence-electron chi connectivity index (χ0n) is 14.4. The van der Waals surface area contributed by atoms with E-state index in [-0.39, 0.29) is 0 Å². The second-order valence-electron chi connectivity index (χ2n) is 6.76. The van der Waals surface area contributed by atoms with E-state index in [0.717, 1.165) is 11.1 Å². The van der Waals surface area contributed by atoms with E-state index in [0.29, 0.717) is 17.0 Å². The molecule has 0 aromatic heterocycles. The van der Waals surface area contributed by atoms with Crippen molar-refractivity contribution in [3.05, 3.63) is 69.7 Å². The van der Waals surface area contributed by atoms with Gasteiger partial charge in [0.2, 0.25) is 0 Å². The Morgan fingerprint density at radius 1 is 0.962 bits per heavy atom. The molecule has 5 nitrogen and oxygen atoms in total. The van der Waals surface area contributed by atoms with Gasteiger partial charge in [0.1, 0.15) is 30.5 Å². The van der Waals surface area contributed by atoms with Crippen molar-refractivity contribution in [2.75, 3.05) is 6.61 Å². The number of hydrogen-bond donors (Lipinski definition) is 4. The van der Waals surface area contributed by atoms with Crippen LogP contribution in [-0.4, -0.2) is 51.4 Å². The van der Waals surface area contributed by atoms with Crippen LogP contribution in [0.5, 0.6) is 0 Å². The Morgan fingerprint density at radius 3 is 2.31 bits per heavy atom. The molecule has 140 valence electrons. The first-order valence-electron chi connectivity index (χ1n) is 8.55. The van der Waals surface area contributed by atoms with Crippen molar-refractivity contribution in [2.45, 2.75) is 43.9 Å². The lowest BCUT2D eigenvalue weighted by atomic mass is 9.90. The van der Waals surface area contributed by atoms with Crippen LogP contribution in [0.1, 0.15) is 28.4 Å². The molecule has 0 saturated carbocycles. The van der Waals surface area contributed by atoms with Crippen molar-refractivity contribution in [3.63, 3.8) is 0 Å². The first-order valence-corrected chi connectivity index (χ1v) is 8.93. The number of aliphatic hydroxyl groups is 4. The molecule has 0 aliphatic carbocycles. The lowest BCUT2D eigenvalue weighted by molar-refractivity contribution is -0.231. The molecular formula is C20H23ClO5. The summed E-state index contributed by atoms with van der Waals surface area (Å²) in [7, 11) is 0.